The van der Waals surface area contributed by atoms with Crippen molar-refractivity contribution < 1.29 is 18.5 Å². The van der Waals surface area contributed by atoms with Gasteiger partial charge < -0.3 is 9.84 Å². The van der Waals surface area contributed by atoms with E-state index in [1.54, 1.807) is 0 Å². The number of carbonyl (C=O) groups is 2. The lowest BCUT2D eigenvalue weighted by atomic mass is 9.98. The SMILES string of the molecule is O=C1NC2(CCCC2)C(=O)N1Cc1nc(-c2ccc(F)cc2)no1. The lowest BCUT2D eigenvalue weighted by Crippen LogP contribution is -2.44. The van der Waals surface area contributed by atoms with Gasteiger partial charge in [0.1, 0.15) is 17.9 Å². The molecular weight excluding hydrogens is 315 g/mol. The number of imide groups is 1. The minimum atomic E-state index is -0.753. The molecule has 1 aliphatic heterocycles. The Bertz CT molecular complexity index is 796. The Kier molecular flexibility index (Phi) is 3.33. The molecule has 7 nitrogen and oxygen atoms in total. The smallest absolute Gasteiger partial charge is 0.325 e. The maximum atomic E-state index is 13.0. The van der Waals surface area contributed by atoms with Crippen LogP contribution < -0.4 is 5.32 Å². The fourth-order valence-corrected chi connectivity index (χ4v) is 3.31. The third kappa shape index (κ3) is 2.34. The standard InChI is InChI=1S/C16H15FN4O3/c17-11-5-3-10(4-6-11)13-18-12(24-20-13)9-21-14(22)16(19-15(21)23)7-1-2-8-16/h3-6H,1-2,7-9H2,(H,19,23). The van der Waals surface area contributed by atoms with Gasteiger partial charge in [0, 0.05) is 5.56 Å². The van der Waals surface area contributed by atoms with Crippen LogP contribution in [0.5, 0.6) is 0 Å². The van der Waals surface area contributed by atoms with Crippen molar-refractivity contribution in [3.8, 4) is 11.4 Å². The van der Waals surface area contributed by atoms with E-state index in [-0.39, 0.29) is 30.0 Å². The minimum absolute atomic E-state index is 0.0688. The van der Waals surface area contributed by atoms with Gasteiger partial charge in [-0.15, -0.1) is 0 Å². The number of rotatable bonds is 3. The average Bonchev–Trinajstić information content (AvgIpc) is 3.27. The molecule has 1 spiro atoms. The lowest BCUT2D eigenvalue weighted by Gasteiger charge is -2.19. The summed E-state index contributed by atoms with van der Waals surface area (Å²) in [5, 5.41) is 6.62. The molecule has 1 saturated carbocycles. The van der Waals surface area contributed by atoms with Gasteiger partial charge in [-0.2, -0.15) is 4.98 Å². The Morgan fingerprint density at radius 1 is 1.21 bits per heavy atom. The summed E-state index contributed by atoms with van der Waals surface area (Å²) in [5.74, 6) is -0.143. The first-order chi connectivity index (χ1) is 11.6. The highest BCUT2D eigenvalue weighted by molar-refractivity contribution is 6.07. The van der Waals surface area contributed by atoms with Gasteiger partial charge in [-0.25, -0.2) is 9.18 Å². The zero-order chi connectivity index (χ0) is 16.7. The van der Waals surface area contributed by atoms with E-state index in [0.29, 0.717) is 18.4 Å². The van der Waals surface area contributed by atoms with Gasteiger partial charge in [-0.1, -0.05) is 18.0 Å². The third-order valence-corrected chi connectivity index (χ3v) is 4.57. The molecule has 1 aliphatic carbocycles. The van der Waals surface area contributed by atoms with Gasteiger partial charge in [0.05, 0.1) is 0 Å². The van der Waals surface area contributed by atoms with Crippen LogP contribution in [0.25, 0.3) is 11.4 Å². The van der Waals surface area contributed by atoms with E-state index < -0.39 is 11.6 Å². The largest absolute Gasteiger partial charge is 0.337 e. The molecule has 1 saturated heterocycles. The van der Waals surface area contributed by atoms with Crippen molar-refractivity contribution in [1.82, 2.24) is 20.4 Å². The molecule has 8 heteroatoms. The first kappa shape index (κ1) is 14.8. The highest BCUT2D eigenvalue weighted by Crippen LogP contribution is 2.35. The van der Waals surface area contributed by atoms with Gasteiger partial charge in [0.2, 0.25) is 11.7 Å². The van der Waals surface area contributed by atoms with Crippen molar-refractivity contribution in [1.29, 1.82) is 0 Å². The summed E-state index contributed by atoms with van der Waals surface area (Å²) in [6.07, 6.45) is 3.18. The molecule has 1 aromatic heterocycles. The maximum Gasteiger partial charge on any atom is 0.325 e. The summed E-state index contributed by atoms with van der Waals surface area (Å²) >= 11 is 0. The predicted molar refractivity (Wildman–Crippen MR) is 80.0 cm³/mol. The molecule has 2 fully saturated rings. The predicted octanol–water partition coefficient (Wildman–Crippen LogP) is 2.24. The first-order valence-corrected chi connectivity index (χ1v) is 7.80. The normalized spacial score (nSPS) is 19.3. The number of nitrogens with zero attached hydrogens (tertiary/aromatic N) is 3. The van der Waals surface area contributed by atoms with Crippen LogP contribution in [0.15, 0.2) is 28.8 Å². The van der Waals surface area contributed by atoms with Gasteiger partial charge in [0.15, 0.2) is 0 Å². The van der Waals surface area contributed by atoms with E-state index in [2.05, 4.69) is 15.5 Å². The van der Waals surface area contributed by atoms with E-state index in [9.17, 15) is 14.0 Å². The van der Waals surface area contributed by atoms with Gasteiger partial charge in [-0.05, 0) is 37.1 Å². The van der Waals surface area contributed by atoms with Gasteiger partial charge in [0.25, 0.3) is 5.91 Å². The second-order valence-corrected chi connectivity index (χ2v) is 6.13. The van der Waals surface area contributed by atoms with Crippen LogP contribution in [0.2, 0.25) is 0 Å². The maximum absolute atomic E-state index is 13.0. The molecule has 2 aliphatic rings. The van der Waals surface area contributed by atoms with Crippen LogP contribution in [-0.4, -0.2) is 32.5 Å². The fourth-order valence-electron chi connectivity index (χ4n) is 3.31. The number of benzene rings is 1. The van der Waals surface area contributed by atoms with Gasteiger partial charge in [-0.3, -0.25) is 9.69 Å². The van der Waals surface area contributed by atoms with Crippen LogP contribution in [0.4, 0.5) is 9.18 Å². The number of halogens is 1. The van der Waals surface area contributed by atoms with E-state index >= 15 is 0 Å². The summed E-state index contributed by atoms with van der Waals surface area (Å²) in [6, 6.07) is 5.24. The molecule has 124 valence electrons. The third-order valence-electron chi connectivity index (χ3n) is 4.57. The number of aromatic nitrogens is 2. The molecule has 1 N–H and O–H groups in total. The van der Waals surface area contributed by atoms with Crippen LogP contribution in [-0.2, 0) is 11.3 Å². The lowest BCUT2D eigenvalue weighted by molar-refractivity contribution is -0.131. The molecule has 4 rings (SSSR count). The summed E-state index contributed by atoms with van der Waals surface area (Å²) in [6.45, 7) is -0.0688. The zero-order valence-electron chi connectivity index (χ0n) is 12.8. The van der Waals surface area contributed by atoms with Crippen LogP contribution in [0.1, 0.15) is 31.6 Å². The number of nitrogens with one attached hydrogen (secondary N) is 1. The van der Waals surface area contributed by atoms with E-state index in [4.69, 9.17) is 4.52 Å². The molecule has 2 aromatic rings. The number of hydrogen-bond donors (Lipinski definition) is 1. The fraction of sp³-hybridized carbons (Fsp3) is 0.375. The Hall–Kier alpha value is -2.77. The summed E-state index contributed by atoms with van der Waals surface area (Å²) < 4.78 is 18.1. The van der Waals surface area contributed by atoms with E-state index in [0.717, 1.165) is 17.7 Å². The summed E-state index contributed by atoms with van der Waals surface area (Å²) in [7, 11) is 0. The molecule has 0 radical (unpaired) electrons. The topological polar surface area (TPSA) is 88.3 Å². The summed E-state index contributed by atoms with van der Waals surface area (Å²) in [4.78, 5) is 30.0. The molecule has 0 atom stereocenters. The van der Waals surface area contributed by atoms with Crippen molar-refractivity contribution in [2.45, 2.75) is 37.8 Å². The highest BCUT2D eigenvalue weighted by Gasteiger charge is 2.52. The van der Waals surface area contributed by atoms with Crippen LogP contribution in [0.3, 0.4) is 0 Å². The second-order valence-electron chi connectivity index (χ2n) is 6.13. The molecule has 2 heterocycles. The Labute approximate surface area is 136 Å². The molecule has 0 unspecified atom stereocenters. The molecular formula is C16H15FN4O3. The zero-order valence-corrected chi connectivity index (χ0v) is 12.8. The quantitative estimate of drug-likeness (QED) is 0.872. The van der Waals surface area contributed by atoms with Crippen molar-refractivity contribution in [2.75, 3.05) is 0 Å². The van der Waals surface area contributed by atoms with Crippen molar-refractivity contribution >= 4 is 11.9 Å². The van der Waals surface area contributed by atoms with Crippen molar-refractivity contribution in [3.63, 3.8) is 0 Å². The molecule has 0 bridgehead atoms. The van der Waals surface area contributed by atoms with E-state index in [1.807, 2.05) is 0 Å². The Morgan fingerprint density at radius 3 is 2.62 bits per heavy atom. The van der Waals surface area contributed by atoms with E-state index in [1.165, 1.54) is 24.3 Å². The number of urea groups is 1. The molecule has 3 amide bonds. The van der Waals surface area contributed by atoms with Crippen LogP contribution in [0, 0.1) is 5.82 Å². The number of carbonyl (C=O) groups excluding carboxylic acids is 2. The number of hydrogen-bond acceptors (Lipinski definition) is 5. The Balaban J connectivity index is 1.53. The Morgan fingerprint density at radius 2 is 1.92 bits per heavy atom. The minimum Gasteiger partial charge on any atom is -0.337 e. The van der Waals surface area contributed by atoms with Crippen molar-refractivity contribution in [2.24, 2.45) is 0 Å². The number of amides is 3. The van der Waals surface area contributed by atoms with Crippen LogP contribution >= 0.6 is 0 Å². The monoisotopic (exact) mass is 330 g/mol. The van der Waals surface area contributed by atoms with Crippen molar-refractivity contribution in [3.05, 3.63) is 36.0 Å². The highest BCUT2D eigenvalue weighted by atomic mass is 19.1. The summed E-state index contributed by atoms with van der Waals surface area (Å²) in [5.41, 5.74) is -0.160. The molecule has 24 heavy (non-hydrogen) atoms. The molecule has 1 aromatic carbocycles. The first-order valence-electron chi connectivity index (χ1n) is 7.80. The average molecular weight is 330 g/mol. The second kappa shape index (κ2) is 5.40. The van der Waals surface area contributed by atoms with Gasteiger partial charge >= 0.3 is 6.03 Å².